The Kier molecular flexibility index (Phi) is 6.88. The minimum Gasteiger partial charge on any atom is -0.350 e. The monoisotopic (exact) mass is 462 g/mol. The molecule has 0 saturated carbocycles. The molecule has 10 heteroatoms. The summed E-state index contributed by atoms with van der Waals surface area (Å²) in [5, 5.41) is 17.0. The van der Waals surface area contributed by atoms with E-state index in [1.807, 2.05) is 48.7 Å². The molecular formula is C18H19BrN6O2S. The van der Waals surface area contributed by atoms with Crippen LogP contribution in [0.5, 0.6) is 0 Å². The highest BCUT2D eigenvalue weighted by atomic mass is 79.9. The van der Waals surface area contributed by atoms with Gasteiger partial charge in [-0.1, -0.05) is 22.0 Å². The Morgan fingerprint density at radius 3 is 2.71 bits per heavy atom. The number of aromatic nitrogens is 4. The Morgan fingerprint density at radius 2 is 2.04 bits per heavy atom. The van der Waals surface area contributed by atoms with Crippen molar-refractivity contribution in [2.75, 3.05) is 13.1 Å². The van der Waals surface area contributed by atoms with Crippen molar-refractivity contribution < 1.29 is 9.59 Å². The third-order valence-corrected chi connectivity index (χ3v) is 5.35. The predicted octanol–water partition coefficient (Wildman–Crippen LogP) is 2.33. The molecule has 2 amide bonds. The van der Waals surface area contributed by atoms with Gasteiger partial charge in [0.15, 0.2) is 0 Å². The van der Waals surface area contributed by atoms with Crippen LogP contribution in [0.1, 0.15) is 11.8 Å². The maximum atomic E-state index is 12.5. The normalized spacial score (nSPS) is 10.6. The molecule has 0 radical (unpaired) electrons. The van der Waals surface area contributed by atoms with E-state index in [1.165, 1.54) is 9.70 Å². The number of nitrogens with zero attached hydrogens (tertiary/aromatic N) is 5. The summed E-state index contributed by atoms with van der Waals surface area (Å²) >= 11 is 4.95. The smallest absolute Gasteiger partial charge is 0.246 e. The highest BCUT2D eigenvalue weighted by Crippen LogP contribution is 2.17. The summed E-state index contributed by atoms with van der Waals surface area (Å²) in [6.07, 6.45) is 0. The van der Waals surface area contributed by atoms with E-state index in [9.17, 15) is 9.59 Å². The highest BCUT2D eigenvalue weighted by molar-refractivity contribution is 9.10. The first-order valence-corrected chi connectivity index (χ1v) is 10.3. The van der Waals surface area contributed by atoms with Gasteiger partial charge in [-0.2, -0.15) is 4.80 Å². The van der Waals surface area contributed by atoms with Gasteiger partial charge in [0.05, 0.1) is 13.1 Å². The van der Waals surface area contributed by atoms with Crippen LogP contribution in [0.25, 0.3) is 11.4 Å². The average molecular weight is 463 g/mol. The van der Waals surface area contributed by atoms with Crippen LogP contribution >= 0.6 is 27.3 Å². The molecule has 1 N–H and O–H groups in total. The maximum Gasteiger partial charge on any atom is 0.246 e. The summed E-state index contributed by atoms with van der Waals surface area (Å²) in [4.78, 5) is 28.4. The number of hydrogen-bond donors (Lipinski definition) is 1. The van der Waals surface area contributed by atoms with Crippen LogP contribution < -0.4 is 5.32 Å². The third-order valence-electron chi connectivity index (χ3n) is 3.94. The van der Waals surface area contributed by atoms with E-state index in [2.05, 4.69) is 36.7 Å². The molecule has 0 saturated heterocycles. The van der Waals surface area contributed by atoms with Gasteiger partial charge >= 0.3 is 0 Å². The summed E-state index contributed by atoms with van der Waals surface area (Å²) in [6.45, 7) is 2.62. The van der Waals surface area contributed by atoms with Gasteiger partial charge in [-0.3, -0.25) is 9.59 Å². The van der Waals surface area contributed by atoms with Crippen molar-refractivity contribution in [3.8, 4) is 11.4 Å². The van der Waals surface area contributed by atoms with E-state index in [-0.39, 0.29) is 24.9 Å². The van der Waals surface area contributed by atoms with E-state index in [1.54, 1.807) is 11.3 Å². The zero-order valence-corrected chi connectivity index (χ0v) is 17.6. The van der Waals surface area contributed by atoms with Crippen LogP contribution in [0, 0.1) is 0 Å². The van der Waals surface area contributed by atoms with Gasteiger partial charge in [-0.05, 0) is 47.8 Å². The molecule has 2 heterocycles. The Bertz CT molecular complexity index is 926. The van der Waals surface area contributed by atoms with Crippen molar-refractivity contribution in [3.05, 3.63) is 51.1 Å². The van der Waals surface area contributed by atoms with Crippen molar-refractivity contribution in [2.45, 2.75) is 20.0 Å². The van der Waals surface area contributed by atoms with Crippen LogP contribution in [-0.2, 0) is 22.7 Å². The standard InChI is InChI=1S/C18H19BrN6O2S/c1-2-24(11-16(26)20-10-15-4-3-9-28-15)17(27)12-25-22-18(21-23-25)13-5-7-14(19)8-6-13/h3-9H,2,10-12H2,1H3,(H,20,26). The first-order chi connectivity index (χ1) is 13.5. The first kappa shape index (κ1) is 20.2. The van der Waals surface area contributed by atoms with Crippen molar-refractivity contribution >= 4 is 39.1 Å². The van der Waals surface area contributed by atoms with E-state index in [4.69, 9.17) is 0 Å². The molecule has 0 aliphatic carbocycles. The SMILES string of the molecule is CCN(CC(=O)NCc1cccs1)C(=O)Cn1nnc(-c2ccc(Br)cc2)n1. The molecule has 2 aromatic heterocycles. The Hall–Kier alpha value is -2.59. The van der Waals surface area contributed by atoms with Crippen molar-refractivity contribution in [1.29, 1.82) is 0 Å². The van der Waals surface area contributed by atoms with Crippen LogP contribution in [0.2, 0.25) is 0 Å². The van der Waals surface area contributed by atoms with E-state index < -0.39 is 0 Å². The largest absolute Gasteiger partial charge is 0.350 e. The van der Waals surface area contributed by atoms with Crippen molar-refractivity contribution in [1.82, 2.24) is 30.4 Å². The molecular weight excluding hydrogens is 444 g/mol. The Morgan fingerprint density at radius 1 is 1.25 bits per heavy atom. The molecule has 0 aliphatic rings. The fourth-order valence-electron chi connectivity index (χ4n) is 2.45. The van der Waals surface area contributed by atoms with Gasteiger partial charge < -0.3 is 10.2 Å². The van der Waals surface area contributed by atoms with Crippen LogP contribution in [-0.4, -0.2) is 50.0 Å². The molecule has 0 unspecified atom stereocenters. The van der Waals surface area contributed by atoms with Crippen molar-refractivity contribution in [3.63, 3.8) is 0 Å². The molecule has 0 fully saturated rings. The fraction of sp³-hybridized carbons (Fsp3) is 0.278. The quantitative estimate of drug-likeness (QED) is 0.554. The summed E-state index contributed by atoms with van der Waals surface area (Å²) in [5.74, 6) is -0.00345. The van der Waals surface area contributed by atoms with Gasteiger partial charge in [0, 0.05) is 21.5 Å². The average Bonchev–Trinajstić information content (AvgIpc) is 3.37. The molecule has 8 nitrogen and oxygen atoms in total. The second kappa shape index (κ2) is 9.56. The molecule has 3 rings (SSSR count). The number of tetrazole rings is 1. The molecule has 1 aromatic carbocycles. The Balaban J connectivity index is 1.54. The zero-order chi connectivity index (χ0) is 19.9. The first-order valence-electron chi connectivity index (χ1n) is 8.65. The number of benzene rings is 1. The number of nitrogens with one attached hydrogen (secondary N) is 1. The lowest BCUT2D eigenvalue weighted by atomic mass is 10.2. The second-order valence-electron chi connectivity index (χ2n) is 5.91. The van der Waals surface area contributed by atoms with Gasteiger partial charge in [-0.15, -0.1) is 21.5 Å². The topological polar surface area (TPSA) is 93.0 Å². The number of carbonyl (C=O) groups is 2. The van der Waals surface area contributed by atoms with Crippen LogP contribution in [0.3, 0.4) is 0 Å². The molecule has 0 spiro atoms. The van der Waals surface area contributed by atoms with Gasteiger partial charge in [0.2, 0.25) is 17.6 Å². The molecule has 146 valence electrons. The summed E-state index contributed by atoms with van der Waals surface area (Å²) in [5.41, 5.74) is 0.808. The molecule has 0 aliphatic heterocycles. The van der Waals surface area contributed by atoms with Gasteiger partial charge in [0.1, 0.15) is 6.54 Å². The summed E-state index contributed by atoms with van der Waals surface area (Å²) in [6, 6.07) is 11.4. The van der Waals surface area contributed by atoms with Crippen LogP contribution in [0.15, 0.2) is 46.3 Å². The number of rotatable bonds is 8. The second-order valence-corrected chi connectivity index (χ2v) is 7.86. The number of thiophene rings is 1. The lowest BCUT2D eigenvalue weighted by Crippen LogP contribution is -2.42. The number of hydrogen-bond acceptors (Lipinski definition) is 6. The third kappa shape index (κ3) is 5.46. The number of carbonyl (C=O) groups excluding carboxylic acids is 2. The summed E-state index contributed by atoms with van der Waals surface area (Å²) in [7, 11) is 0. The lowest BCUT2D eigenvalue weighted by Gasteiger charge is -2.19. The van der Waals surface area contributed by atoms with E-state index in [0.29, 0.717) is 18.9 Å². The highest BCUT2D eigenvalue weighted by Gasteiger charge is 2.17. The fourth-order valence-corrected chi connectivity index (χ4v) is 3.36. The number of halogens is 1. The number of likely N-dealkylation sites (N-methyl/N-ethyl adjacent to an activating group) is 1. The predicted molar refractivity (Wildman–Crippen MR) is 109 cm³/mol. The zero-order valence-electron chi connectivity index (χ0n) is 15.2. The maximum absolute atomic E-state index is 12.5. The molecule has 0 bridgehead atoms. The van der Waals surface area contributed by atoms with Gasteiger partial charge in [0.25, 0.3) is 0 Å². The minimum absolute atomic E-state index is 0.00499. The van der Waals surface area contributed by atoms with E-state index >= 15 is 0 Å². The summed E-state index contributed by atoms with van der Waals surface area (Å²) < 4.78 is 0.953. The molecule has 3 aromatic rings. The minimum atomic E-state index is -0.242. The van der Waals surface area contributed by atoms with Gasteiger partial charge in [-0.25, -0.2) is 0 Å². The molecule has 0 atom stereocenters. The van der Waals surface area contributed by atoms with E-state index in [0.717, 1.165) is 14.9 Å². The Labute approximate surface area is 174 Å². The number of amides is 2. The van der Waals surface area contributed by atoms with Crippen molar-refractivity contribution in [2.24, 2.45) is 0 Å². The van der Waals surface area contributed by atoms with Crippen LogP contribution in [0.4, 0.5) is 0 Å². The lowest BCUT2D eigenvalue weighted by molar-refractivity contribution is -0.136. The molecule has 28 heavy (non-hydrogen) atoms.